The van der Waals surface area contributed by atoms with E-state index < -0.39 is 11.2 Å². The molecule has 8 nitrogen and oxygen atoms in total. The predicted octanol–water partition coefficient (Wildman–Crippen LogP) is 1.18. The van der Waals surface area contributed by atoms with Gasteiger partial charge < -0.3 is 4.57 Å². The Bertz CT molecular complexity index is 1060. The highest BCUT2D eigenvalue weighted by molar-refractivity contribution is 9.10. The molecule has 24 heavy (non-hydrogen) atoms. The maximum Gasteiger partial charge on any atom is 0.332 e. The van der Waals surface area contributed by atoms with E-state index in [9.17, 15) is 9.59 Å². The molecule has 0 fully saturated rings. The van der Waals surface area contributed by atoms with Gasteiger partial charge in [0.15, 0.2) is 11.2 Å². The van der Waals surface area contributed by atoms with E-state index in [-0.39, 0.29) is 0 Å². The fourth-order valence-electron chi connectivity index (χ4n) is 2.33. The number of nitrogens with one attached hydrogen (secondary N) is 1. The summed E-state index contributed by atoms with van der Waals surface area (Å²) in [7, 11) is 4.71. The molecule has 0 saturated heterocycles. The highest BCUT2D eigenvalue weighted by Crippen LogP contribution is 2.13. The van der Waals surface area contributed by atoms with Crippen molar-refractivity contribution < 1.29 is 0 Å². The van der Waals surface area contributed by atoms with Gasteiger partial charge in [-0.1, -0.05) is 28.1 Å². The minimum Gasteiger partial charge on any atom is -0.306 e. The van der Waals surface area contributed by atoms with Gasteiger partial charge in [-0.15, -0.1) is 0 Å². The summed E-state index contributed by atoms with van der Waals surface area (Å²) in [6.07, 6.45) is 1.64. The van der Waals surface area contributed by atoms with Gasteiger partial charge in [0.25, 0.3) is 5.56 Å². The molecule has 0 atom stereocenters. The molecule has 0 aliphatic heterocycles. The Kier molecular flexibility index (Phi) is 4.10. The van der Waals surface area contributed by atoms with Crippen LogP contribution in [-0.4, -0.2) is 24.9 Å². The predicted molar refractivity (Wildman–Crippen MR) is 96.6 cm³/mol. The molecule has 1 N–H and O–H groups in total. The van der Waals surface area contributed by atoms with Crippen molar-refractivity contribution in [1.29, 1.82) is 0 Å². The largest absolute Gasteiger partial charge is 0.332 e. The molecule has 2 heterocycles. The van der Waals surface area contributed by atoms with Gasteiger partial charge in [-0.3, -0.25) is 13.9 Å². The summed E-state index contributed by atoms with van der Waals surface area (Å²) < 4.78 is 4.95. The first-order chi connectivity index (χ1) is 11.4. The maximum atomic E-state index is 12.3. The van der Waals surface area contributed by atoms with Crippen LogP contribution in [0, 0.1) is 0 Å². The van der Waals surface area contributed by atoms with Crippen LogP contribution in [0.1, 0.15) is 5.56 Å². The third-order valence-electron chi connectivity index (χ3n) is 3.72. The van der Waals surface area contributed by atoms with Crippen molar-refractivity contribution in [3.63, 3.8) is 0 Å². The first kappa shape index (κ1) is 16.2. The van der Waals surface area contributed by atoms with Crippen LogP contribution in [0.2, 0.25) is 0 Å². The molecule has 0 spiro atoms. The van der Waals surface area contributed by atoms with Crippen LogP contribution in [0.15, 0.2) is 43.4 Å². The molecular formula is C15H15BrN6O2. The van der Waals surface area contributed by atoms with Gasteiger partial charge in [0.2, 0.25) is 5.95 Å². The van der Waals surface area contributed by atoms with Crippen molar-refractivity contribution in [2.24, 2.45) is 26.2 Å². The van der Waals surface area contributed by atoms with E-state index in [1.165, 1.54) is 11.6 Å². The molecule has 0 amide bonds. The highest BCUT2D eigenvalue weighted by atomic mass is 79.9. The Labute approximate surface area is 145 Å². The normalized spacial score (nSPS) is 11.5. The van der Waals surface area contributed by atoms with Crippen LogP contribution >= 0.6 is 15.9 Å². The second-order valence-electron chi connectivity index (χ2n) is 5.29. The highest BCUT2D eigenvalue weighted by Gasteiger charge is 2.16. The van der Waals surface area contributed by atoms with E-state index in [0.717, 1.165) is 14.6 Å². The number of hydrogen-bond acceptors (Lipinski definition) is 5. The molecule has 0 unspecified atom stereocenters. The molecule has 2 aromatic heterocycles. The van der Waals surface area contributed by atoms with Gasteiger partial charge in [0, 0.05) is 25.6 Å². The first-order valence-corrected chi connectivity index (χ1v) is 7.86. The maximum absolute atomic E-state index is 12.3. The number of imidazole rings is 1. The van der Waals surface area contributed by atoms with Crippen LogP contribution in [0.5, 0.6) is 0 Å². The standard InChI is InChI=1S/C15H15BrN6O2/c1-20-11-12(21(2)15(24)22(3)13(11)23)18-14(20)19-17-8-9-4-6-10(16)7-5-9/h4-8H,1-3H3,(H,18,19). The van der Waals surface area contributed by atoms with Crippen molar-refractivity contribution in [2.45, 2.75) is 0 Å². The van der Waals surface area contributed by atoms with Gasteiger partial charge in [0.1, 0.15) is 0 Å². The number of benzene rings is 1. The van der Waals surface area contributed by atoms with Gasteiger partial charge in [0.05, 0.1) is 6.21 Å². The van der Waals surface area contributed by atoms with Crippen LogP contribution in [0.4, 0.5) is 5.95 Å². The van der Waals surface area contributed by atoms with Crippen LogP contribution in [-0.2, 0) is 21.1 Å². The van der Waals surface area contributed by atoms with Gasteiger partial charge >= 0.3 is 5.69 Å². The number of hydrogen-bond donors (Lipinski definition) is 1. The SMILES string of the molecule is Cn1c(=O)c2c(nc(NN=Cc3ccc(Br)cc3)n2C)n(C)c1=O. The van der Waals surface area contributed by atoms with Crippen molar-refractivity contribution in [3.8, 4) is 0 Å². The molecule has 3 rings (SSSR count). The topological polar surface area (TPSA) is 86.2 Å². The zero-order valence-corrected chi connectivity index (χ0v) is 14.9. The quantitative estimate of drug-likeness (QED) is 0.537. The molecule has 3 aromatic rings. The third-order valence-corrected chi connectivity index (χ3v) is 4.25. The molecule has 0 aliphatic rings. The summed E-state index contributed by atoms with van der Waals surface area (Å²) in [6.45, 7) is 0. The summed E-state index contributed by atoms with van der Waals surface area (Å²) >= 11 is 3.37. The monoisotopic (exact) mass is 390 g/mol. The van der Waals surface area contributed by atoms with Crippen molar-refractivity contribution >= 4 is 39.3 Å². The molecule has 0 saturated carbocycles. The first-order valence-electron chi connectivity index (χ1n) is 7.07. The fourth-order valence-corrected chi connectivity index (χ4v) is 2.60. The van der Waals surface area contributed by atoms with Gasteiger partial charge in [-0.05, 0) is 17.7 Å². The summed E-state index contributed by atoms with van der Waals surface area (Å²) in [4.78, 5) is 28.6. The summed E-state index contributed by atoms with van der Waals surface area (Å²) in [5.41, 5.74) is 3.54. The average molecular weight is 391 g/mol. The average Bonchev–Trinajstić information content (AvgIpc) is 2.90. The smallest absolute Gasteiger partial charge is 0.306 e. The lowest BCUT2D eigenvalue weighted by atomic mass is 10.2. The molecule has 9 heteroatoms. The molecule has 124 valence electrons. The van der Waals surface area contributed by atoms with Crippen LogP contribution < -0.4 is 16.7 Å². The Hall–Kier alpha value is -2.68. The Morgan fingerprint density at radius 3 is 2.42 bits per heavy atom. The van der Waals surface area contributed by atoms with Gasteiger partial charge in [-0.25, -0.2) is 10.2 Å². The van der Waals surface area contributed by atoms with E-state index in [4.69, 9.17) is 0 Å². The van der Waals surface area contributed by atoms with E-state index in [1.807, 2.05) is 24.3 Å². The number of fused-ring (bicyclic) bond motifs is 1. The van der Waals surface area contributed by atoms with Crippen molar-refractivity contribution in [1.82, 2.24) is 18.7 Å². The minimum atomic E-state index is -0.421. The molecule has 0 radical (unpaired) electrons. The van der Waals surface area contributed by atoms with E-state index >= 15 is 0 Å². The molecule has 1 aromatic carbocycles. The molecule has 0 aliphatic carbocycles. The second-order valence-corrected chi connectivity index (χ2v) is 6.21. The zero-order chi connectivity index (χ0) is 17.4. The number of halogens is 1. The lowest BCUT2D eigenvalue weighted by Crippen LogP contribution is -2.37. The van der Waals surface area contributed by atoms with E-state index in [0.29, 0.717) is 17.1 Å². The Morgan fingerprint density at radius 1 is 1.08 bits per heavy atom. The summed E-state index contributed by atoms with van der Waals surface area (Å²) in [5.74, 6) is 0.372. The number of rotatable bonds is 3. The van der Waals surface area contributed by atoms with Crippen LogP contribution in [0.25, 0.3) is 11.2 Å². The van der Waals surface area contributed by atoms with E-state index in [2.05, 4.69) is 31.4 Å². The number of aryl methyl sites for hydroxylation is 2. The fraction of sp³-hybridized carbons (Fsp3) is 0.200. The number of aromatic nitrogens is 4. The second kappa shape index (κ2) is 6.08. The minimum absolute atomic E-state index is 0.312. The summed E-state index contributed by atoms with van der Waals surface area (Å²) in [6, 6.07) is 7.64. The Balaban J connectivity index is 1.99. The zero-order valence-electron chi connectivity index (χ0n) is 13.3. The van der Waals surface area contributed by atoms with Crippen molar-refractivity contribution in [3.05, 3.63) is 55.1 Å². The van der Waals surface area contributed by atoms with Crippen molar-refractivity contribution in [2.75, 3.05) is 5.43 Å². The van der Waals surface area contributed by atoms with Crippen LogP contribution in [0.3, 0.4) is 0 Å². The lowest BCUT2D eigenvalue weighted by molar-refractivity contribution is 0.705. The third kappa shape index (κ3) is 2.67. The lowest BCUT2D eigenvalue weighted by Gasteiger charge is -2.03. The Morgan fingerprint density at radius 2 is 1.75 bits per heavy atom. The van der Waals surface area contributed by atoms with Gasteiger partial charge in [-0.2, -0.15) is 10.1 Å². The number of anilines is 1. The number of nitrogens with zero attached hydrogens (tertiary/aromatic N) is 5. The molecular weight excluding hydrogens is 376 g/mol. The molecule has 0 bridgehead atoms. The number of hydrazone groups is 1. The summed E-state index contributed by atoms with van der Waals surface area (Å²) in [5, 5.41) is 4.13. The van der Waals surface area contributed by atoms with E-state index in [1.54, 1.807) is 24.9 Å².